The van der Waals surface area contributed by atoms with E-state index in [0.29, 0.717) is 53.4 Å². The van der Waals surface area contributed by atoms with E-state index in [-0.39, 0.29) is 11.7 Å². The van der Waals surface area contributed by atoms with E-state index in [1.165, 1.54) is 18.3 Å². The smallest absolute Gasteiger partial charge is 0.246 e. The number of halogens is 2. The zero-order chi connectivity index (χ0) is 21.3. The summed E-state index contributed by atoms with van der Waals surface area (Å²) < 4.78 is 14.3. The Kier molecular flexibility index (Phi) is 5.39. The van der Waals surface area contributed by atoms with Crippen LogP contribution < -0.4 is 4.90 Å². The van der Waals surface area contributed by atoms with Crippen LogP contribution in [-0.4, -0.2) is 42.0 Å². The fraction of sp³-hybridized carbons (Fsp3) is 0.174. The molecule has 1 aliphatic heterocycles. The molecule has 2 heterocycles. The summed E-state index contributed by atoms with van der Waals surface area (Å²) in [6.07, 6.45) is 2.80. The Labute approximate surface area is 178 Å². The quantitative estimate of drug-likeness (QED) is 0.589. The molecule has 1 aliphatic rings. The van der Waals surface area contributed by atoms with E-state index in [0.717, 1.165) is 11.1 Å². The lowest BCUT2D eigenvalue weighted by Crippen LogP contribution is -2.48. The summed E-state index contributed by atoms with van der Waals surface area (Å²) in [6, 6.07) is 12.2. The highest BCUT2D eigenvalue weighted by atomic mass is 35.5. The first-order valence-corrected chi connectivity index (χ1v) is 9.85. The summed E-state index contributed by atoms with van der Waals surface area (Å²) in [5, 5.41) is 10.7. The van der Waals surface area contributed by atoms with E-state index in [4.69, 9.17) is 11.6 Å². The molecule has 4 rings (SSSR count). The second kappa shape index (κ2) is 8.13. The predicted molar refractivity (Wildman–Crippen MR) is 116 cm³/mol. The van der Waals surface area contributed by atoms with Crippen LogP contribution in [0, 0.1) is 17.1 Å². The third kappa shape index (κ3) is 3.38. The number of carbonyl (C=O) groups is 1. The van der Waals surface area contributed by atoms with Gasteiger partial charge in [-0.25, -0.2) is 4.39 Å². The number of amides is 1. The lowest BCUT2D eigenvalue weighted by atomic mass is 10.0. The second-order valence-electron chi connectivity index (χ2n) is 6.95. The maximum absolute atomic E-state index is 14.3. The minimum absolute atomic E-state index is 0.104. The Morgan fingerprint density at radius 2 is 1.90 bits per heavy atom. The topological polar surface area (TPSA) is 60.2 Å². The second-order valence-corrected chi connectivity index (χ2v) is 7.33. The number of nitrogens with zero attached hydrogens (tertiary/aromatic N) is 4. The number of aromatic nitrogens is 1. The molecule has 3 aromatic rings. The highest BCUT2D eigenvalue weighted by Crippen LogP contribution is 2.39. The number of rotatable bonds is 3. The predicted octanol–water partition coefficient (Wildman–Crippen LogP) is 4.40. The van der Waals surface area contributed by atoms with E-state index in [9.17, 15) is 14.4 Å². The number of fused-ring (bicyclic) bond motifs is 1. The Bertz CT molecular complexity index is 1200. The summed E-state index contributed by atoms with van der Waals surface area (Å²) >= 11 is 6.64. The molecule has 0 spiro atoms. The van der Waals surface area contributed by atoms with Gasteiger partial charge in [-0.3, -0.25) is 9.78 Å². The fourth-order valence-electron chi connectivity index (χ4n) is 3.81. The molecule has 7 heteroatoms. The molecule has 5 nitrogen and oxygen atoms in total. The number of hydrogen-bond acceptors (Lipinski definition) is 4. The van der Waals surface area contributed by atoms with Crippen molar-refractivity contribution in [1.82, 2.24) is 9.88 Å². The zero-order valence-electron chi connectivity index (χ0n) is 16.1. The van der Waals surface area contributed by atoms with Gasteiger partial charge in [0.1, 0.15) is 11.9 Å². The van der Waals surface area contributed by atoms with Crippen LogP contribution in [0.1, 0.15) is 5.56 Å². The SMILES string of the molecule is C=CC(=O)N1CCN(c2c(C#N)cnc3c(Cl)c(-c4ccccc4F)ccc23)CC1. The monoisotopic (exact) mass is 420 g/mol. The molecule has 0 bridgehead atoms. The maximum atomic E-state index is 14.3. The maximum Gasteiger partial charge on any atom is 0.246 e. The minimum Gasteiger partial charge on any atom is -0.366 e. The van der Waals surface area contributed by atoms with Crippen molar-refractivity contribution in [2.45, 2.75) is 0 Å². The van der Waals surface area contributed by atoms with Crippen molar-refractivity contribution in [3.05, 3.63) is 71.7 Å². The molecule has 1 amide bonds. The van der Waals surface area contributed by atoms with Crippen molar-refractivity contribution < 1.29 is 9.18 Å². The van der Waals surface area contributed by atoms with Gasteiger partial charge in [-0.2, -0.15) is 5.26 Å². The van der Waals surface area contributed by atoms with E-state index in [1.807, 2.05) is 6.07 Å². The normalized spacial score (nSPS) is 13.9. The van der Waals surface area contributed by atoms with Crippen molar-refractivity contribution in [2.24, 2.45) is 0 Å². The van der Waals surface area contributed by atoms with Crippen LogP contribution in [0.2, 0.25) is 5.02 Å². The molecular formula is C23H18ClFN4O. The van der Waals surface area contributed by atoms with Crippen molar-refractivity contribution in [1.29, 1.82) is 5.26 Å². The first-order valence-electron chi connectivity index (χ1n) is 9.47. The number of nitriles is 1. The lowest BCUT2D eigenvalue weighted by Gasteiger charge is -2.36. The van der Waals surface area contributed by atoms with Crippen LogP contribution in [0.15, 0.2) is 55.3 Å². The van der Waals surface area contributed by atoms with Gasteiger partial charge in [0.2, 0.25) is 5.91 Å². The van der Waals surface area contributed by atoms with Crippen molar-refractivity contribution >= 4 is 34.1 Å². The molecule has 1 aromatic heterocycles. The highest BCUT2D eigenvalue weighted by Gasteiger charge is 2.24. The Morgan fingerprint density at radius 1 is 1.17 bits per heavy atom. The summed E-state index contributed by atoms with van der Waals surface area (Å²) in [4.78, 5) is 20.1. The van der Waals surface area contributed by atoms with E-state index in [1.54, 1.807) is 29.2 Å². The minimum atomic E-state index is -0.365. The van der Waals surface area contributed by atoms with Crippen LogP contribution in [0.5, 0.6) is 0 Å². The van der Waals surface area contributed by atoms with E-state index in [2.05, 4.69) is 22.5 Å². The molecule has 0 atom stereocenters. The molecule has 0 aliphatic carbocycles. The number of benzene rings is 2. The van der Waals surface area contributed by atoms with Gasteiger partial charge in [0.25, 0.3) is 0 Å². The number of carbonyl (C=O) groups excluding carboxylic acids is 1. The van der Waals surface area contributed by atoms with Gasteiger partial charge in [0.05, 0.1) is 21.8 Å². The molecule has 0 unspecified atom stereocenters. The molecule has 1 saturated heterocycles. The van der Waals surface area contributed by atoms with Crippen LogP contribution in [0.25, 0.3) is 22.0 Å². The van der Waals surface area contributed by atoms with Crippen LogP contribution >= 0.6 is 11.6 Å². The first-order chi connectivity index (χ1) is 14.5. The van der Waals surface area contributed by atoms with Crippen LogP contribution in [-0.2, 0) is 4.79 Å². The van der Waals surface area contributed by atoms with Gasteiger partial charge in [0, 0.05) is 48.9 Å². The lowest BCUT2D eigenvalue weighted by molar-refractivity contribution is -0.126. The fourth-order valence-corrected chi connectivity index (χ4v) is 4.12. The number of hydrogen-bond donors (Lipinski definition) is 0. The Balaban J connectivity index is 1.80. The summed E-state index contributed by atoms with van der Waals surface area (Å²) in [5.74, 6) is -0.469. The standard InChI is InChI=1S/C23H18ClFN4O/c1-2-20(30)28-9-11-29(12-10-28)23-15(13-26)14-27-22-18(23)8-7-17(21(22)24)16-5-3-4-6-19(16)25/h2-8,14H,1,9-12H2. The summed E-state index contributed by atoms with van der Waals surface area (Å²) in [5.41, 5.74) is 2.62. The molecule has 2 aromatic carbocycles. The molecule has 1 fully saturated rings. The first kappa shape index (κ1) is 19.9. The van der Waals surface area contributed by atoms with Gasteiger partial charge < -0.3 is 9.80 Å². The Morgan fingerprint density at radius 3 is 2.57 bits per heavy atom. The third-order valence-electron chi connectivity index (χ3n) is 5.32. The van der Waals surface area contributed by atoms with Gasteiger partial charge >= 0.3 is 0 Å². The number of piperazine rings is 1. The summed E-state index contributed by atoms with van der Waals surface area (Å²) in [7, 11) is 0. The highest BCUT2D eigenvalue weighted by molar-refractivity contribution is 6.38. The number of pyridine rings is 1. The van der Waals surface area contributed by atoms with Crippen LogP contribution in [0.3, 0.4) is 0 Å². The molecular weight excluding hydrogens is 403 g/mol. The molecule has 30 heavy (non-hydrogen) atoms. The van der Waals surface area contributed by atoms with E-state index < -0.39 is 0 Å². The van der Waals surface area contributed by atoms with Gasteiger partial charge in [-0.05, 0) is 18.2 Å². The average molecular weight is 421 g/mol. The largest absolute Gasteiger partial charge is 0.366 e. The van der Waals surface area contributed by atoms with Crippen molar-refractivity contribution in [3.63, 3.8) is 0 Å². The van der Waals surface area contributed by atoms with Gasteiger partial charge in [-0.15, -0.1) is 0 Å². The van der Waals surface area contributed by atoms with Crippen LogP contribution in [0.4, 0.5) is 10.1 Å². The van der Waals surface area contributed by atoms with Crippen molar-refractivity contribution in [2.75, 3.05) is 31.1 Å². The average Bonchev–Trinajstić information content (AvgIpc) is 2.79. The van der Waals surface area contributed by atoms with E-state index >= 15 is 0 Å². The summed E-state index contributed by atoms with van der Waals surface area (Å²) in [6.45, 7) is 5.73. The molecule has 150 valence electrons. The zero-order valence-corrected chi connectivity index (χ0v) is 16.9. The van der Waals surface area contributed by atoms with Crippen molar-refractivity contribution in [3.8, 4) is 17.2 Å². The molecule has 0 N–H and O–H groups in total. The third-order valence-corrected chi connectivity index (χ3v) is 5.70. The van der Waals surface area contributed by atoms with Gasteiger partial charge in [0.15, 0.2) is 0 Å². The van der Waals surface area contributed by atoms with Gasteiger partial charge in [-0.1, -0.05) is 42.4 Å². The molecule has 0 radical (unpaired) electrons. The molecule has 0 saturated carbocycles. The Hall–Kier alpha value is -3.43. The number of anilines is 1.